The van der Waals surface area contributed by atoms with Crippen LogP contribution in [0.3, 0.4) is 0 Å². The molecule has 0 fully saturated rings. The molecule has 0 amide bonds. The molecule has 0 bridgehead atoms. The minimum atomic E-state index is 0.0684. The molecule has 2 aromatic heterocycles. The van der Waals surface area contributed by atoms with Gasteiger partial charge in [-0.1, -0.05) is 23.4 Å². The first kappa shape index (κ1) is 13.4. The van der Waals surface area contributed by atoms with Crippen molar-refractivity contribution in [1.29, 1.82) is 0 Å². The van der Waals surface area contributed by atoms with Gasteiger partial charge in [-0.2, -0.15) is 0 Å². The Morgan fingerprint density at radius 2 is 2.24 bits per heavy atom. The van der Waals surface area contributed by atoms with Crippen molar-refractivity contribution < 1.29 is 0 Å². The molecule has 0 aliphatic rings. The number of nitrogens with zero attached hydrogens (tertiary/aromatic N) is 1. The van der Waals surface area contributed by atoms with Crippen molar-refractivity contribution in [2.75, 3.05) is 0 Å². The molecule has 0 saturated carbocycles. The first-order valence-electron chi connectivity index (χ1n) is 5.16. The molecule has 0 aliphatic heterocycles. The van der Waals surface area contributed by atoms with Gasteiger partial charge in [-0.15, -0.1) is 22.7 Å². The van der Waals surface area contributed by atoms with E-state index in [0.29, 0.717) is 0 Å². The number of rotatable bonds is 4. The number of thiophene rings is 1. The highest BCUT2D eigenvalue weighted by atomic mass is 35.5. The second-order valence-corrected chi connectivity index (χ2v) is 7.79. The van der Waals surface area contributed by atoms with Crippen LogP contribution < -0.4 is 5.73 Å². The summed E-state index contributed by atoms with van der Waals surface area (Å²) in [7, 11) is 0. The second kappa shape index (κ2) is 5.71. The fraction of sp³-hybridized carbons (Fsp3) is 0.364. The van der Waals surface area contributed by atoms with Crippen LogP contribution in [-0.2, 0) is 0 Å². The van der Waals surface area contributed by atoms with E-state index < -0.39 is 0 Å². The molecule has 2 aromatic rings. The van der Waals surface area contributed by atoms with E-state index in [1.165, 1.54) is 4.88 Å². The number of nitrogens with two attached hydrogens (primary N) is 1. The predicted octanol–water partition coefficient (Wildman–Crippen LogP) is 4.35. The van der Waals surface area contributed by atoms with E-state index in [-0.39, 0.29) is 11.3 Å². The Labute approximate surface area is 118 Å². The number of thiazole rings is 1. The highest BCUT2D eigenvalue weighted by Gasteiger charge is 2.21. The van der Waals surface area contributed by atoms with E-state index in [1.807, 2.05) is 19.9 Å². The van der Waals surface area contributed by atoms with Crippen LogP contribution in [0.25, 0.3) is 0 Å². The minimum Gasteiger partial charge on any atom is -0.327 e. The van der Waals surface area contributed by atoms with Crippen molar-refractivity contribution in [2.45, 2.75) is 29.5 Å². The Hall–Kier alpha value is -0.0700. The van der Waals surface area contributed by atoms with Crippen LogP contribution in [0.4, 0.5) is 0 Å². The van der Waals surface area contributed by atoms with E-state index in [1.54, 1.807) is 34.4 Å². The van der Waals surface area contributed by atoms with Gasteiger partial charge in [0.15, 0.2) is 4.34 Å². The smallest absolute Gasteiger partial charge is 0.150 e. The highest BCUT2D eigenvalue weighted by molar-refractivity contribution is 8.01. The Bertz CT molecular complexity index is 492. The fourth-order valence-electron chi connectivity index (χ4n) is 1.40. The lowest BCUT2D eigenvalue weighted by atomic mass is 10.2. The Morgan fingerprint density at radius 1 is 1.47 bits per heavy atom. The summed E-state index contributed by atoms with van der Waals surface area (Å²) in [5.41, 5.74) is 7.11. The minimum absolute atomic E-state index is 0.0684. The number of halogens is 1. The van der Waals surface area contributed by atoms with Gasteiger partial charge in [0, 0.05) is 22.0 Å². The molecule has 17 heavy (non-hydrogen) atoms. The molecular weight excluding hydrogens is 292 g/mol. The molecular formula is C11H13ClN2S3. The van der Waals surface area contributed by atoms with E-state index in [2.05, 4.69) is 16.4 Å². The third-order valence-corrected chi connectivity index (χ3v) is 6.20. The van der Waals surface area contributed by atoms with Gasteiger partial charge in [0.1, 0.15) is 0 Å². The molecule has 2 atom stereocenters. The van der Waals surface area contributed by atoms with Gasteiger partial charge >= 0.3 is 0 Å². The molecule has 2 N–H and O–H groups in total. The van der Waals surface area contributed by atoms with Gasteiger partial charge in [0.25, 0.3) is 0 Å². The topological polar surface area (TPSA) is 38.9 Å². The molecule has 0 aromatic carbocycles. The first-order chi connectivity index (χ1) is 8.06. The van der Waals surface area contributed by atoms with Crippen molar-refractivity contribution >= 4 is 46.0 Å². The standard InChI is InChI=1S/C11H13ClN2S3/c1-6-5-15-11(14-6)17-10(7(2)13)8-3-4-9(12)16-8/h3-5,7,10H,13H2,1-2H3. The first-order valence-corrected chi connectivity index (χ1v) is 8.11. The molecule has 6 heteroatoms. The number of hydrogen-bond acceptors (Lipinski definition) is 5. The Balaban J connectivity index is 2.18. The maximum absolute atomic E-state index is 6.05. The summed E-state index contributed by atoms with van der Waals surface area (Å²) in [6, 6.07) is 4.04. The molecule has 2 rings (SSSR count). The Kier molecular flexibility index (Phi) is 4.49. The zero-order valence-corrected chi connectivity index (χ0v) is 12.7. The SMILES string of the molecule is Cc1csc(SC(c2ccc(Cl)s2)C(C)N)n1. The monoisotopic (exact) mass is 304 g/mol. The van der Waals surface area contributed by atoms with Crippen molar-refractivity contribution in [3.8, 4) is 0 Å². The van der Waals surface area contributed by atoms with Crippen molar-refractivity contribution in [2.24, 2.45) is 5.73 Å². The molecule has 0 radical (unpaired) electrons. The quantitative estimate of drug-likeness (QED) is 0.854. The van der Waals surface area contributed by atoms with Crippen LogP contribution in [0.1, 0.15) is 22.7 Å². The van der Waals surface area contributed by atoms with Gasteiger partial charge in [0.05, 0.1) is 9.59 Å². The van der Waals surface area contributed by atoms with Crippen molar-refractivity contribution in [3.05, 3.63) is 32.4 Å². The summed E-state index contributed by atoms with van der Waals surface area (Å²) in [6.07, 6.45) is 0. The zero-order valence-electron chi connectivity index (χ0n) is 9.51. The summed E-state index contributed by atoms with van der Waals surface area (Å²) in [5.74, 6) is 0. The molecule has 2 unspecified atom stereocenters. The van der Waals surface area contributed by atoms with Gasteiger partial charge in [0.2, 0.25) is 0 Å². The van der Waals surface area contributed by atoms with Crippen LogP contribution in [-0.4, -0.2) is 11.0 Å². The van der Waals surface area contributed by atoms with Gasteiger partial charge < -0.3 is 5.73 Å². The van der Waals surface area contributed by atoms with Crippen LogP contribution in [0.15, 0.2) is 21.9 Å². The molecule has 0 aliphatic carbocycles. The van der Waals surface area contributed by atoms with Crippen LogP contribution >= 0.6 is 46.0 Å². The summed E-state index contributed by atoms with van der Waals surface area (Å²) < 4.78 is 1.87. The summed E-state index contributed by atoms with van der Waals surface area (Å²) in [5, 5.41) is 2.28. The van der Waals surface area contributed by atoms with Crippen molar-refractivity contribution in [3.63, 3.8) is 0 Å². The largest absolute Gasteiger partial charge is 0.327 e. The van der Waals surface area contributed by atoms with E-state index in [4.69, 9.17) is 17.3 Å². The molecule has 2 heterocycles. The lowest BCUT2D eigenvalue weighted by Gasteiger charge is -2.17. The third-order valence-electron chi connectivity index (χ3n) is 2.18. The van der Waals surface area contributed by atoms with Crippen molar-refractivity contribution in [1.82, 2.24) is 4.98 Å². The maximum Gasteiger partial charge on any atom is 0.150 e. The number of aryl methyl sites for hydroxylation is 1. The van der Waals surface area contributed by atoms with Gasteiger partial charge in [-0.25, -0.2) is 4.98 Å². The average Bonchev–Trinajstić information content (AvgIpc) is 2.83. The summed E-state index contributed by atoms with van der Waals surface area (Å²) in [4.78, 5) is 5.67. The van der Waals surface area contributed by atoms with E-state index in [0.717, 1.165) is 14.4 Å². The van der Waals surface area contributed by atoms with Crippen LogP contribution in [0, 0.1) is 6.92 Å². The summed E-state index contributed by atoms with van der Waals surface area (Å²) in [6.45, 7) is 4.02. The normalized spacial score (nSPS) is 14.8. The van der Waals surface area contributed by atoms with E-state index >= 15 is 0 Å². The molecule has 0 spiro atoms. The third kappa shape index (κ3) is 3.45. The predicted molar refractivity (Wildman–Crippen MR) is 78.4 cm³/mol. The highest BCUT2D eigenvalue weighted by Crippen LogP contribution is 2.42. The fourth-order valence-corrected chi connectivity index (χ4v) is 4.87. The lowest BCUT2D eigenvalue weighted by Crippen LogP contribution is -2.21. The second-order valence-electron chi connectivity index (χ2n) is 3.79. The molecule has 2 nitrogen and oxygen atoms in total. The average molecular weight is 305 g/mol. The lowest BCUT2D eigenvalue weighted by molar-refractivity contribution is 0.729. The van der Waals surface area contributed by atoms with Gasteiger partial charge in [-0.3, -0.25) is 0 Å². The Morgan fingerprint density at radius 3 is 2.71 bits per heavy atom. The molecule has 0 saturated heterocycles. The molecule has 92 valence electrons. The van der Waals surface area contributed by atoms with Crippen LogP contribution in [0.2, 0.25) is 4.34 Å². The van der Waals surface area contributed by atoms with Crippen LogP contribution in [0.5, 0.6) is 0 Å². The zero-order chi connectivity index (χ0) is 12.4. The van der Waals surface area contributed by atoms with Gasteiger partial charge in [-0.05, 0) is 26.0 Å². The number of aromatic nitrogens is 1. The maximum atomic E-state index is 6.05. The summed E-state index contributed by atoms with van der Waals surface area (Å²) >= 11 is 10.9. The number of hydrogen-bond donors (Lipinski definition) is 1. The van der Waals surface area contributed by atoms with E-state index in [9.17, 15) is 0 Å². The number of thioether (sulfide) groups is 1.